The smallest absolute Gasteiger partial charge is 0.341 e. The number of carbonyl (C=O) groups is 1. The number of aryl methyl sites for hydroxylation is 1. The largest absolute Gasteiger partial charge is 0.465 e. The van der Waals surface area contributed by atoms with Gasteiger partial charge in [-0.15, -0.1) is 12.4 Å². The second-order valence-corrected chi connectivity index (χ2v) is 7.18. The van der Waals surface area contributed by atoms with Crippen molar-refractivity contribution in [1.82, 2.24) is 4.72 Å². The van der Waals surface area contributed by atoms with Crippen LogP contribution in [0.4, 0.5) is 0 Å². The van der Waals surface area contributed by atoms with Gasteiger partial charge in [-0.1, -0.05) is 12.8 Å². The summed E-state index contributed by atoms with van der Waals surface area (Å²) in [6.45, 7) is 1.75. The number of esters is 1. The van der Waals surface area contributed by atoms with E-state index in [1.807, 2.05) is 0 Å². The van der Waals surface area contributed by atoms with Crippen molar-refractivity contribution < 1.29 is 22.4 Å². The number of furan rings is 1. The molecule has 1 saturated carbocycles. The Bertz CT molecular complexity index is 638. The van der Waals surface area contributed by atoms with Crippen LogP contribution in [0.5, 0.6) is 0 Å². The topological polar surface area (TPSA) is 112 Å². The average Bonchev–Trinajstić information content (AvgIpc) is 3.13. The van der Waals surface area contributed by atoms with Gasteiger partial charge in [0, 0.05) is 18.7 Å². The highest BCUT2D eigenvalue weighted by atomic mass is 35.5. The number of halogens is 1. The van der Waals surface area contributed by atoms with Gasteiger partial charge in [0.15, 0.2) is 0 Å². The van der Waals surface area contributed by atoms with E-state index in [1.54, 1.807) is 0 Å². The average molecular weight is 367 g/mol. The molecule has 1 aromatic rings. The summed E-state index contributed by atoms with van der Waals surface area (Å²) in [5.41, 5.74) is 5.82. The molecule has 0 aliphatic heterocycles. The van der Waals surface area contributed by atoms with E-state index in [2.05, 4.69) is 9.46 Å². The molecule has 1 unspecified atom stereocenters. The minimum absolute atomic E-state index is 0. The molecular weight excluding hydrogens is 344 g/mol. The third kappa shape index (κ3) is 4.47. The van der Waals surface area contributed by atoms with E-state index >= 15 is 0 Å². The van der Waals surface area contributed by atoms with Gasteiger partial charge >= 0.3 is 5.97 Å². The Morgan fingerprint density at radius 2 is 2.09 bits per heavy atom. The lowest BCUT2D eigenvalue weighted by Crippen LogP contribution is -2.44. The fourth-order valence-electron chi connectivity index (χ4n) is 2.85. The molecule has 0 amide bonds. The molecule has 7 nitrogen and oxygen atoms in total. The molecule has 0 spiro atoms. The number of hydrogen-bond donors (Lipinski definition) is 2. The number of ether oxygens (including phenoxy) is 1. The zero-order valence-electron chi connectivity index (χ0n) is 13.2. The normalized spacial score (nSPS) is 16.8. The van der Waals surface area contributed by atoms with Gasteiger partial charge in [0.05, 0.1) is 7.11 Å². The van der Waals surface area contributed by atoms with Crippen molar-refractivity contribution in [2.75, 3.05) is 13.7 Å². The first-order valence-electron chi connectivity index (χ1n) is 7.30. The Kier molecular flexibility index (Phi) is 7.06. The summed E-state index contributed by atoms with van der Waals surface area (Å²) in [5, 5.41) is -0.290. The Hall–Kier alpha value is -1.09. The highest BCUT2D eigenvalue weighted by Crippen LogP contribution is 2.28. The van der Waals surface area contributed by atoms with Crippen LogP contribution in [-0.2, 0) is 14.8 Å². The SMILES string of the molecule is COC(=O)c1cc(S(=O)(=O)NC(CN)C2CCCC2)oc1C.Cl. The predicted octanol–water partition coefficient (Wildman–Crippen LogP) is 1.59. The van der Waals surface area contributed by atoms with Gasteiger partial charge in [0.2, 0.25) is 5.09 Å². The summed E-state index contributed by atoms with van der Waals surface area (Å²) < 4.78 is 37.3. The van der Waals surface area contributed by atoms with E-state index in [1.165, 1.54) is 20.1 Å². The van der Waals surface area contributed by atoms with Gasteiger partial charge in [-0.05, 0) is 25.7 Å². The van der Waals surface area contributed by atoms with Crippen molar-refractivity contribution in [2.24, 2.45) is 11.7 Å². The second-order valence-electron chi connectivity index (χ2n) is 5.53. The van der Waals surface area contributed by atoms with Gasteiger partial charge < -0.3 is 14.9 Å². The molecular formula is C14H23ClN2O5S. The first kappa shape index (κ1) is 20.0. The summed E-state index contributed by atoms with van der Waals surface area (Å²) in [7, 11) is -2.63. The number of sulfonamides is 1. The number of carbonyl (C=O) groups excluding carboxylic acids is 1. The van der Waals surface area contributed by atoms with Gasteiger partial charge in [-0.25, -0.2) is 17.9 Å². The summed E-state index contributed by atoms with van der Waals surface area (Å²) in [6.07, 6.45) is 4.12. The Balaban J connectivity index is 0.00000264. The van der Waals surface area contributed by atoms with Crippen LogP contribution in [0.15, 0.2) is 15.6 Å². The molecule has 0 bridgehead atoms. The van der Waals surface area contributed by atoms with E-state index in [0.29, 0.717) is 0 Å². The Labute approximate surface area is 142 Å². The van der Waals surface area contributed by atoms with E-state index < -0.39 is 16.0 Å². The van der Waals surface area contributed by atoms with Crippen LogP contribution < -0.4 is 10.5 Å². The van der Waals surface area contributed by atoms with Crippen molar-refractivity contribution in [2.45, 2.75) is 43.7 Å². The highest BCUT2D eigenvalue weighted by Gasteiger charge is 2.31. The van der Waals surface area contributed by atoms with Crippen molar-refractivity contribution in [1.29, 1.82) is 0 Å². The first-order chi connectivity index (χ1) is 10.4. The molecule has 0 aromatic carbocycles. The van der Waals surface area contributed by atoms with E-state index in [9.17, 15) is 13.2 Å². The fourth-order valence-corrected chi connectivity index (χ4v) is 4.16. The van der Waals surface area contributed by atoms with Crippen LogP contribution in [0.1, 0.15) is 41.8 Å². The molecule has 132 valence electrons. The summed E-state index contributed by atoms with van der Waals surface area (Å²) in [6, 6.07) is 0.866. The maximum absolute atomic E-state index is 12.4. The number of rotatable bonds is 6. The number of methoxy groups -OCH3 is 1. The number of nitrogens with one attached hydrogen (secondary N) is 1. The monoisotopic (exact) mass is 366 g/mol. The van der Waals surface area contributed by atoms with E-state index in [-0.39, 0.29) is 47.3 Å². The lowest BCUT2D eigenvalue weighted by Gasteiger charge is -2.22. The van der Waals surface area contributed by atoms with Crippen LogP contribution >= 0.6 is 12.4 Å². The third-order valence-electron chi connectivity index (χ3n) is 4.09. The van der Waals surface area contributed by atoms with Crippen LogP contribution in [0.25, 0.3) is 0 Å². The number of nitrogens with two attached hydrogens (primary N) is 1. The van der Waals surface area contributed by atoms with Crippen molar-refractivity contribution in [3.63, 3.8) is 0 Å². The minimum Gasteiger partial charge on any atom is -0.465 e. The maximum atomic E-state index is 12.4. The quantitative estimate of drug-likeness (QED) is 0.739. The van der Waals surface area contributed by atoms with Gasteiger partial charge in [0.1, 0.15) is 11.3 Å². The van der Waals surface area contributed by atoms with Gasteiger partial charge in [-0.2, -0.15) is 0 Å². The van der Waals surface area contributed by atoms with Gasteiger partial charge in [-0.3, -0.25) is 0 Å². The first-order valence-corrected chi connectivity index (χ1v) is 8.78. The third-order valence-corrected chi connectivity index (χ3v) is 5.44. The second kappa shape index (κ2) is 8.14. The molecule has 2 rings (SSSR count). The van der Waals surface area contributed by atoms with Crippen LogP contribution in [-0.4, -0.2) is 34.1 Å². The standard InChI is InChI=1S/C14H22N2O5S.ClH/c1-9-11(14(17)20-2)7-13(21-9)22(18,19)16-12(8-15)10-5-3-4-6-10;/h7,10,12,16H,3-6,8,15H2,1-2H3;1H. The van der Waals surface area contributed by atoms with E-state index in [4.69, 9.17) is 10.2 Å². The van der Waals surface area contributed by atoms with Crippen LogP contribution in [0.2, 0.25) is 0 Å². The highest BCUT2D eigenvalue weighted by molar-refractivity contribution is 7.89. The molecule has 1 heterocycles. The molecule has 1 fully saturated rings. The lowest BCUT2D eigenvalue weighted by atomic mass is 9.99. The Morgan fingerprint density at radius 3 is 2.61 bits per heavy atom. The molecule has 1 aliphatic carbocycles. The summed E-state index contributed by atoms with van der Waals surface area (Å²) in [4.78, 5) is 11.5. The molecule has 1 aromatic heterocycles. The van der Waals surface area contributed by atoms with Crippen LogP contribution in [0.3, 0.4) is 0 Å². The molecule has 23 heavy (non-hydrogen) atoms. The molecule has 0 radical (unpaired) electrons. The zero-order chi connectivity index (χ0) is 16.3. The maximum Gasteiger partial charge on any atom is 0.341 e. The molecule has 1 aliphatic rings. The summed E-state index contributed by atoms with van der Waals surface area (Å²) in [5.74, 6) is -0.179. The molecule has 9 heteroatoms. The molecule has 1 atom stereocenters. The zero-order valence-corrected chi connectivity index (χ0v) is 14.8. The molecule has 0 saturated heterocycles. The van der Waals surface area contributed by atoms with Gasteiger partial charge in [0.25, 0.3) is 10.0 Å². The van der Waals surface area contributed by atoms with Crippen molar-refractivity contribution in [3.8, 4) is 0 Å². The fraction of sp³-hybridized carbons (Fsp3) is 0.643. The predicted molar refractivity (Wildman–Crippen MR) is 87.2 cm³/mol. The van der Waals surface area contributed by atoms with Crippen LogP contribution in [0, 0.1) is 12.8 Å². The van der Waals surface area contributed by atoms with Crippen molar-refractivity contribution >= 4 is 28.4 Å². The molecule has 3 N–H and O–H groups in total. The Morgan fingerprint density at radius 1 is 1.48 bits per heavy atom. The number of hydrogen-bond acceptors (Lipinski definition) is 6. The van der Waals surface area contributed by atoms with E-state index in [0.717, 1.165) is 25.7 Å². The lowest BCUT2D eigenvalue weighted by molar-refractivity contribution is 0.0599. The summed E-state index contributed by atoms with van der Waals surface area (Å²) >= 11 is 0. The van der Waals surface area contributed by atoms with Crippen molar-refractivity contribution in [3.05, 3.63) is 17.4 Å². The minimum atomic E-state index is -3.86.